The van der Waals surface area contributed by atoms with Crippen LogP contribution in [0, 0.1) is 18.8 Å². The van der Waals surface area contributed by atoms with Gasteiger partial charge in [-0.05, 0) is 96.9 Å². The normalized spacial score (nSPS) is 21.5. The smallest absolute Gasteiger partial charge is 0.00971 e. The molecule has 0 N–H and O–H groups in total. The highest BCUT2D eigenvalue weighted by molar-refractivity contribution is 5.91. The molecule has 0 atom stereocenters. The minimum absolute atomic E-state index is 0.940. The SMILES string of the molecule is C=C/C=C(/C1=CC(C)=C1/C(C)=C/C=C\C(=C)C)c1cc(CCCC2CCC(C)CC2)ccc1C. The van der Waals surface area contributed by atoms with Crippen molar-refractivity contribution in [2.24, 2.45) is 11.8 Å². The van der Waals surface area contributed by atoms with E-state index in [0.29, 0.717) is 0 Å². The zero-order valence-corrected chi connectivity index (χ0v) is 22.2. The fourth-order valence-electron chi connectivity index (χ4n) is 5.44. The number of hydrogen-bond donors (Lipinski definition) is 0. The summed E-state index contributed by atoms with van der Waals surface area (Å²) in [5.41, 5.74) is 11.8. The first-order valence-corrected chi connectivity index (χ1v) is 13.2. The first-order chi connectivity index (χ1) is 16.3. The van der Waals surface area contributed by atoms with E-state index in [0.717, 1.165) is 17.4 Å². The molecule has 0 unspecified atom stereocenters. The van der Waals surface area contributed by atoms with Gasteiger partial charge in [-0.3, -0.25) is 0 Å². The van der Waals surface area contributed by atoms with Crippen LogP contribution in [0.2, 0.25) is 0 Å². The highest BCUT2D eigenvalue weighted by atomic mass is 14.3. The maximum absolute atomic E-state index is 4.03. The largest absolute Gasteiger partial charge is 0.0990 e. The monoisotopic (exact) mass is 452 g/mol. The Bertz CT molecular complexity index is 1060. The van der Waals surface area contributed by atoms with Crippen LogP contribution in [0.25, 0.3) is 5.57 Å². The summed E-state index contributed by atoms with van der Waals surface area (Å²) >= 11 is 0. The van der Waals surface area contributed by atoms with Crippen molar-refractivity contribution in [1.29, 1.82) is 0 Å². The molecule has 0 heteroatoms. The molecular formula is C34H44. The minimum atomic E-state index is 0.940. The van der Waals surface area contributed by atoms with Crippen molar-refractivity contribution in [1.82, 2.24) is 0 Å². The quantitative estimate of drug-likeness (QED) is 0.310. The van der Waals surface area contributed by atoms with Crippen LogP contribution >= 0.6 is 0 Å². The van der Waals surface area contributed by atoms with Gasteiger partial charge in [-0.25, -0.2) is 0 Å². The van der Waals surface area contributed by atoms with Gasteiger partial charge in [0.1, 0.15) is 0 Å². The third kappa shape index (κ3) is 6.72. The second-order valence-electron chi connectivity index (χ2n) is 10.7. The third-order valence-electron chi connectivity index (χ3n) is 7.53. The molecule has 0 bridgehead atoms. The van der Waals surface area contributed by atoms with E-state index in [9.17, 15) is 0 Å². The molecule has 0 saturated heterocycles. The molecule has 180 valence electrons. The van der Waals surface area contributed by atoms with Gasteiger partial charge in [0.2, 0.25) is 0 Å². The second-order valence-corrected chi connectivity index (χ2v) is 10.7. The fraction of sp³-hybridized carbons (Fsp3) is 0.412. The van der Waals surface area contributed by atoms with Gasteiger partial charge in [0.15, 0.2) is 0 Å². The number of benzene rings is 1. The summed E-state index contributed by atoms with van der Waals surface area (Å²) in [7, 11) is 0. The summed E-state index contributed by atoms with van der Waals surface area (Å²) in [5.74, 6) is 1.89. The Morgan fingerprint density at radius 2 is 1.79 bits per heavy atom. The Labute approximate surface area is 209 Å². The summed E-state index contributed by atoms with van der Waals surface area (Å²) in [4.78, 5) is 0. The van der Waals surface area contributed by atoms with Crippen molar-refractivity contribution < 1.29 is 0 Å². The lowest BCUT2D eigenvalue weighted by atomic mass is 9.77. The van der Waals surface area contributed by atoms with Crippen molar-refractivity contribution in [3.05, 3.63) is 112 Å². The average Bonchev–Trinajstić information content (AvgIpc) is 2.78. The van der Waals surface area contributed by atoms with E-state index in [1.165, 1.54) is 89.5 Å². The zero-order chi connectivity index (χ0) is 24.7. The van der Waals surface area contributed by atoms with Gasteiger partial charge < -0.3 is 0 Å². The molecule has 0 radical (unpaired) electrons. The van der Waals surface area contributed by atoms with Gasteiger partial charge in [-0.2, -0.15) is 0 Å². The highest BCUT2D eigenvalue weighted by Crippen LogP contribution is 2.42. The zero-order valence-electron chi connectivity index (χ0n) is 22.2. The van der Waals surface area contributed by atoms with Crippen molar-refractivity contribution in [2.75, 3.05) is 0 Å². The van der Waals surface area contributed by atoms with Crippen LogP contribution in [-0.4, -0.2) is 0 Å². The first kappa shape index (κ1) is 26.0. The van der Waals surface area contributed by atoms with E-state index in [2.05, 4.69) is 89.4 Å². The minimum Gasteiger partial charge on any atom is -0.0990 e. The van der Waals surface area contributed by atoms with Crippen molar-refractivity contribution in [2.45, 2.75) is 79.6 Å². The highest BCUT2D eigenvalue weighted by Gasteiger charge is 2.23. The number of hydrogen-bond acceptors (Lipinski definition) is 0. The van der Waals surface area contributed by atoms with Gasteiger partial charge in [0, 0.05) is 0 Å². The summed E-state index contributed by atoms with van der Waals surface area (Å²) < 4.78 is 0. The molecule has 1 aromatic rings. The fourth-order valence-corrected chi connectivity index (χ4v) is 5.44. The Balaban J connectivity index is 1.75. The molecule has 1 aromatic carbocycles. The molecule has 3 rings (SSSR count). The van der Waals surface area contributed by atoms with Crippen LogP contribution < -0.4 is 0 Å². The lowest BCUT2D eigenvalue weighted by Crippen LogP contribution is -2.12. The van der Waals surface area contributed by atoms with Crippen LogP contribution in [-0.2, 0) is 6.42 Å². The molecule has 34 heavy (non-hydrogen) atoms. The van der Waals surface area contributed by atoms with Crippen molar-refractivity contribution >= 4 is 5.57 Å². The summed E-state index contributed by atoms with van der Waals surface area (Å²) in [6.07, 6.45) is 22.4. The Kier molecular flexibility index (Phi) is 9.34. The average molecular weight is 453 g/mol. The van der Waals surface area contributed by atoms with E-state index in [4.69, 9.17) is 0 Å². The van der Waals surface area contributed by atoms with E-state index in [-0.39, 0.29) is 0 Å². The molecule has 2 aliphatic rings. The Morgan fingerprint density at radius 1 is 1.06 bits per heavy atom. The van der Waals surface area contributed by atoms with E-state index < -0.39 is 0 Å². The summed E-state index contributed by atoms with van der Waals surface area (Å²) in [5, 5.41) is 0. The lowest BCUT2D eigenvalue weighted by Gasteiger charge is -2.27. The lowest BCUT2D eigenvalue weighted by molar-refractivity contribution is 0.274. The topological polar surface area (TPSA) is 0 Å². The molecule has 0 spiro atoms. The second kappa shape index (κ2) is 12.2. The molecule has 1 saturated carbocycles. The number of rotatable bonds is 10. The third-order valence-corrected chi connectivity index (χ3v) is 7.53. The van der Waals surface area contributed by atoms with Gasteiger partial charge >= 0.3 is 0 Å². The van der Waals surface area contributed by atoms with Crippen LogP contribution in [0.4, 0.5) is 0 Å². The molecule has 0 amide bonds. The van der Waals surface area contributed by atoms with Gasteiger partial charge in [-0.1, -0.05) is 112 Å². The number of allylic oxidation sites excluding steroid dienone is 12. The van der Waals surface area contributed by atoms with Gasteiger partial charge in [0.05, 0.1) is 0 Å². The van der Waals surface area contributed by atoms with Crippen LogP contribution in [0.3, 0.4) is 0 Å². The van der Waals surface area contributed by atoms with Crippen molar-refractivity contribution in [3.63, 3.8) is 0 Å². The summed E-state index contributed by atoms with van der Waals surface area (Å²) in [6.45, 7) is 19.1. The molecular weight excluding hydrogens is 408 g/mol. The van der Waals surface area contributed by atoms with Crippen LogP contribution in [0.15, 0.2) is 95.7 Å². The predicted molar refractivity (Wildman–Crippen MR) is 152 cm³/mol. The van der Waals surface area contributed by atoms with Gasteiger partial charge in [-0.15, -0.1) is 0 Å². The van der Waals surface area contributed by atoms with Crippen LogP contribution in [0.5, 0.6) is 0 Å². The standard InChI is InChI=1S/C34H44/c1-8-11-31(33-22-28(7)34(33)27(6)13-9-12-24(2)3)32-23-30(21-18-26(32)5)15-10-14-29-19-16-25(4)17-20-29/h8-9,11-13,18,21-23,25,29H,1-2,10,14-17,19-20H2,3-7H3/b12-9-,27-13+,31-11+. The molecule has 2 aliphatic carbocycles. The Hall–Kier alpha value is -2.60. The molecule has 0 heterocycles. The van der Waals surface area contributed by atoms with E-state index >= 15 is 0 Å². The van der Waals surface area contributed by atoms with Gasteiger partial charge in [0.25, 0.3) is 0 Å². The van der Waals surface area contributed by atoms with Crippen LogP contribution in [0.1, 0.15) is 82.9 Å². The maximum Gasteiger partial charge on any atom is -0.00971 e. The predicted octanol–water partition coefficient (Wildman–Crippen LogP) is 10.0. The first-order valence-electron chi connectivity index (χ1n) is 13.2. The molecule has 0 nitrogen and oxygen atoms in total. The molecule has 0 aromatic heterocycles. The maximum atomic E-state index is 4.03. The van der Waals surface area contributed by atoms with Crippen molar-refractivity contribution in [3.8, 4) is 0 Å². The number of aryl methyl sites for hydroxylation is 2. The molecule has 0 aliphatic heterocycles. The Morgan fingerprint density at radius 3 is 2.44 bits per heavy atom. The van der Waals surface area contributed by atoms with E-state index in [1.54, 1.807) is 0 Å². The summed E-state index contributed by atoms with van der Waals surface area (Å²) in [6, 6.07) is 7.06. The molecule has 1 fully saturated rings. The van der Waals surface area contributed by atoms with E-state index in [1.807, 2.05) is 13.0 Å².